The van der Waals surface area contributed by atoms with Gasteiger partial charge >= 0.3 is 0 Å². The highest BCUT2D eigenvalue weighted by atomic mass is 35.5. The van der Waals surface area contributed by atoms with E-state index in [1.807, 2.05) is 0 Å². The zero-order valence-corrected chi connectivity index (χ0v) is 16.6. The second kappa shape index (κ2) is 6.98. The van der Waals surface area contributed by atoms with Crippen LogP contribution in [0.15, 0.2) is 52.9 Å². The van der Waals surface area contributed by atoms with Crippen molar-refractivity contribution < 1.29 is 17.2 Å². The van der Waals surface area contributed by atoms with Crippen LogP contribution >= 0.6 is 22.9 Å². The molecule has 1 aromatic heterocycles. The van der Waals surface area contributed by atoms with Gasteiger partial charge in [-0.05, 0) is 31.0 Å². The van der Waals surface area contributed by atoms with Gasteiger partial charge in [0.05, 0.1) is 16.2 Å². The van der Waals surface area contributed by atoms with E-state index < -0.39 is 26.3 Å². The summed E-state index contributed by atoms with van der Waals surface area (Å²) >= 11 is 7.29. The van der Waals surface area contributed by atoms with E-state index in [2.05, 4.69) is 15.0 Å². The molecule has 10 heteroatoms. The van der Waals surface area contributed by atoms with Crippen LogP contribution in [0.1, 0.15) is 18.4 Å². The first-order chi connectivity index (χ1) is 13.3. The number of sulfonamides is 1. The SMILES string of the molecule is O=S(=O)(Nc1nccs1)c1cc(Cl)c(NC2(c3ccccc3F)CC2)cc1F. The zero-order chi connectivity index (χ0) is 19.9. The summed E-state index contributed by atoms with van der Waals surface area (Å²) in [6, 6.07) is 8.39. The second-order valence-corrected chi connectivity index (χ2v) is 9.34. The Bertz CT molecular complexity index is 1130. The van der Waals surface area contributed by atoms with Crippen molar-refractivity contribution in [3.63, 3.8) is 0 Å². The summed E-state index contributed by atoms with van der Waals surface area (Å²) in [6.45, 7) is 0. The Kier molecular flexibility index (Phi) is 4.76. The van der Waals surface area contributed by atoms with Gasteiger partial charge in [0.2, 0.25) is 0 Å². The molecule has 0 unspecified atom stereocenters. The first-order valence-electron chi connectivity index (χ1n) is 8.25. The summed E-state index contributed by atoms with van der Waals surface area (Å²) in [7, 11) is -4.19. The van der Waals surface area contributed by atoms with Gasteiger partial charge in [0.15, 0.2) is 5.13 Å². The van der Waals surface area contributed by atoms with Crippen LogP contribution in [0.3, 0.4) is 0 Å². The predicted octanol–water partition coefficient (Wildman–Crippen LogP) is 4.98. The lowest BCUT2D eigenvalue weighted by atomic mass is 10.0. The molecule has 1 heterocycles. The summed E-state index contributed by atoms with van der Waals surface area (Å²) in [4.78, 5) is 3.23. The lowest BCUT2D eigenvalue weighted by molar-refractivity contribution is 0.570. The molecule has 2 N–H and O–H groups in total. The number of halogens is 3. The first-order valence-corrected chi connectivity index (χ1v) is 11.0. The molecule has 146 valence electrons. The molecule has 0 atom stereocenters. The Hall–Kier alpha value is -2.23. The zero-order valence-electron chi connectivity index (χ0n) is 14.2. The molecule has 1 saturated carbocycles. The van der Waals surface area contributed by atoms with Crippen molar-refractivity contribution >= 4 is 43.8 Å². The summed E-state index contributed by atoms with van der Waals surface area (Å²) in [5.41, 5.74) is -0.0113. The number of rotatable bonds is 6. The van der Waals surface area contributed by atoms with Crippen molar-refractivity contribution in [1.29, 1.82) is 0 Å². The lowest BCUT2D eigenvalue weighted by Gasteiger charge is -2.21. The summed E-state index contributed by atoms with van der Waals surface area (Å²) in [6.07, 6.45) is 2.73. The van der Waals surface area contributed by atoms with Gasteiger partial charge in [0.25, 0.3) is 10.0 Å². The van der Waals surface area contributed by atoms with Gasteiger partial charge in [-0.1, -0.05) is 29.8 Å². The van der Waals surface area contributed by atoms with E-state index in [9.17, 15) is 17.2 Å². The average molecular weight is 442 g/mol. The van der Waals surface area contributed by atoms with Crippen LogP contribution in [0, 0.1) is 11.6 Å². The van der Waals surface area contributed by atoms with E-state index in [0.29, 0.717) is 18.4 Å². The lowest BCUT2D eigenvalue weighted by Crippen LogP contribution is -2.21. The number of aromatic nitrogens is 1. The minimum Gasteiger partial charge on any atom is -0.374 e. The Morgan fingerprint density at radius 1 is 1.14 bits per heavy atom. The van der Waals surface area contributed by atoms with Gasteiger partial charge in [0.1, 0.15) is 16.5 Å². The van der Waals surface area contributed by atoms with Crippen molar-refractivity contribution in [3.05, 3.63) is 70.2 Å². The fourth-order valence-electron chi connectivity index (χ4n) is 2.97. The number of benzene rings is 2. The monoisotopic (exact) mass is 441 g/mol. The molecule has 28 heavy (non-hydrogen) atoms. The molecule has 0 bridgehead atoms. The highest BCUT2D eigenvalue weighted by Gasteiger charge is 2.46. The Labute approximate surface area is 169 Å². The first kappa shape index (κ1) is 19.1. The minimum absolute atomic E-state index is 0.0172. The third-order valence-electron chi connectivity index (χ3n) is 4.48. The number of hydrogen-bond acceptors (Lipinski definition) is 5. The summed E-state index contributed by atoms with van der Waals surface area (Å²) < 4.78 is 55.9. The van der Waals surface area contributed by atoms with Gasteiger partial charge in [-0.25, -0.2) is 22.2 Å². The van der Waals surface area contributed by atoms with Crippen LogP contribution in [0.2, 0.25) is 5.02 Å². The fraction of sp³-hybridized carbons (Fsp3) is 0.167. The van der Waals surface area contributed by atoms with E-state index in [1.165, 1.54) is 12.3 Å². The summed E-state index contributed by atoms with van der Waals surface area (Å²) in [5.74, 6) is -1.34. The fourth-order valence-corrected chi connectivity index (χ4v) is 5.12. The molecule has 0 radical (unpaired) electrons. The van der Waals surface area contributed by atoms with Crippen molar-refractivity contribution in [2.45, 2.75) is 23.3 Å². The van der Waals surface area contributed by atoms with Crippen molar-refractivity contribution in [2.24, 2.45) is 0 Å². The molecular formula is C18H14ClF2N3O2S2. The van der Waals surface area contributed by atoms with Gasteiger partial charge in [-0.15, -0.1) is 11.3 Å². The maximum Gasteiger partial charge on any atom is 0.266 e. The van der Waals surface area contributed by atoms with Gasteiger partial charge < -0.3 is 5.32 Å². The van der Waals surface area contributed by atoms with Crippen LogP contribution in [0.4, 0.5) is 19.6 Å². The van der Waals surface area contributed by atoms with E-state index in [0.717, 1.165) is 23.5 Å². The normalized spacial score (nSPS) is 15.2. The van der Waals surface area contributed by atoms with Gasteiger partial charge in [-0.2, -0.15) is 0 Å². The van der Waals surface area contributed by atoms with Crippen molar-refractivity contribution in [3.8, 4) is 0 Å². The number of thiazole rings is 1. The molecule has 0 spiro atoms. The Morgan fingerprint density at radius 2 is 1.89 bits per heavy atom. The van der Waals surface area contributed by atoms with Gasteiger partial charge in [0, 0.05) is 17.1 Å². The maximum absolute atomic E-state index is 14.6. The third kappa shape index (κ3) is 3.57. The molecule has 0 aliphatic heterocycles. The topological polar surface area (TPSA) is 71.1 Å². The summed E-state index contributed by atoms with van der Waals surface area (Å²) in [5, 5.41) is 4.81. The molecule has 4 rings (SSSR count). The van der Waals surface area contributed by atoms with E-state index in [1.54, 1.807) is 23.6 Å². The minimum atomic E-state index is -4.19. The molecule has 3 aromatic rings. The van der Waals surface area contributed by atoms with Crippen LogP contribution in [0.25, 0.3) is 0 Å². The van der Waals surface area contributed by atoms with Crippen LogP contribution in [-0.4, -0.2) is 13.4 Å². The quantitative estimate of drug-likeness (QED) is 0.566. The average Bonchev–Trinajstić information content (AvgIpc) is 3.24. The van der Waals surface area contributed by atoms with E-state index in [4.69, 9.17) is 11.6 Å². The van der Waals surface area contributed by atoms with Crippen LogP contribution in [-0.2, 0) is 15.6 Å². The van der Waals surface area contributed by atoms with E-state index >= 15 is 0 Å². The number of nitrogens with zero attached hydrogens (tertiary/aromatic N) is 1. The van der Waals surface area contributed by atoms with Gasteiger partial charge in [-0.3, -0.25) is 4.72 Å². The highest BCUT2D eigenvalue weighted by Crippen LogP contribution is 2.50. The van der Waals surface area contributed by atoms with E-state index in [-0.39, 0.29) is 21.7 Å². The molecule has 2 aromatic carbocycles. The molecule has 0 amide bonds. The molecule has 1 fully saturated rings. The largest absolute Gasteiger partial charge is 0.374 e. The van der Waals surface area contributed by atoms with Crippen LogP contribution in [0.5, 0.6) is 0 Å². The Balaban J connectivity index is 1.64. The maximum atomic E-state index is 14.6. The number of hydrogen-bond donors (Lipinski definition) is 2. The van der Waals surface area contributed by atoms with Crippen molar-refractivity contribution in [1.82, 2.24) is 4.98 Å². The molecule has 5 nitrogen and oxygen atoms in total. The standard InChI is InChI=1S/C18H14ClF2N3O2S2/c19-12-9-16(28(25,26)24-17-22-7-8-27-17)14(21)10-15(12)23-18(5-6-18)11-3-1-2-4-13(11)20/h1-4,7-10,23H,5-6H2,(H,22,24). The van der Waals surface area contributed by atoms with Crippen molar-refractivity contribution in [2.75, 3.05) is 10.0 Å². The molecule has 1 aliphatic carbocycles. The van der Waals surface area contributed by atoms with Crippen LogP contribution < -0.4 is 10.0 Å². The third-order valence-corrected chi connectivity index (χ3v) is 6.96. The predicted molar refractivity (Wildman–Crippen MR) is 105 cm³/mol. The smallest absolute Gasteiger partial charge is 0.266 e. The highest BCUT2D eigenvalue weighted by molar-refractivity contribution is 7.93. The molecule has 0 saturated heterocycles. The molecule has 1 aliphatic rings. The molecular weight excluding hydrogens is 428 g/mol. The number of nitrogens with one attached hydrogen (secondary N) is 2. The second-order valence-electron chi connectivity index (χ2n) is 6.39. The number of anilines is 2. The Morgan fingerprint density at radius 3 is 2.54 bits per heavy atom.